The van der Waals surface area contributed by atoms with Crippen LogP contribution in [-0.4, -0.2) is 42.5 Å². The van der Waals surface area contributed by atoms with Crippen LogP contribution in [0.3, 0.4) is 0 Å². The molecule has 120 valence electrons. The van der Waals surface area contributed by atoms with Crippen LogP contribution < -0.4 is 0 Å². The Labute approximate surface area is 137 Å². The zero-order valence-electron chi connectivity index (χ0n) is 12.1. The Morgan fingerprint density at radius 3 is 2.74 bits per heavy atom. The fraction of sp³-hybridized carbons (Fsp3) is 0.267. The summed E-state index contributed by atoms with van der Waals surface area (Å²) in [5.41, 5.74) is 0.544. The predicted molar refractivity (Wildman–Crippen MR) is 85.8 cm³/mol. The summed E-state index contributed by atoms with van der Waals surface area (Å²) < 4.78 is 10.9. The van der Waals surface area contributed by atoms with Gasteiger partial charge in [0.2, 0.25) is 0 Å². The molecule has 1 aliphatic rings. The summed E-state index contributed by atoms with van der Waals surface area (Å²) in [5, 5.41) is 17.2. The maximum Gasteiger partial charge on any atom is 0.270 e. The molecule has 0 radical (unpaired) electrons. The molecule has 1 saturated heterocycles. The number of non-ortho nitro benzene ring substituents is 1. The van der Waals surface area contributed by atoms with Gasteiger partial charge in [0.05, 0.1) is 42.5 Å². The van der Waals surface area contributed by atoms with Gasteiger partial charge in [-0.25, -0.2) is 0 Å². The van der Waals surface area contributed by atoms with E-state index in [2.05, 4.69) is 5.10 Å². The van der Waals surface area contributed by atoms with E-state index in [0.717, 1.165) is 13.1 Å². The molecule has 23 heavy (non-hydrogen) atoms. The average Bonchev–Trinajstić information content (AvgIpc) is 3.02. The van der Waals surface area contributed by atoms with E-state index in [1.807, 2.05) is 5.01 Å². The van der Waals surface area contributed by atoms with Crippen molar-refractivity contribution in [2.75, 3.05) is 26.3 Å². The lowest BCUT2D eigenvalue weighted by molar-refractivity contribution is -0.384. The van der Waals surface area contributed by atoms with E-state index in [0.29, 0.717) is 30.3 Å². The molecule has 1 aliphatic heterocycles. The van der Waals surface area contributed by atoms with Crippen LogP contribution in [0.5, 0.6) is 0 Å². The van der Waals surface area contributed by atoms with Gasteiger partial charge in [0.1, 0.15) is 11.5 Å². The van der Waals surface area contributed by atoms with E-state index in [-0.39, 0.29) is 10.7 Å². The third-order valence-electron chi connectivity index (χ3n) is 3.39. The molecule has 0 bridgehead atoms. The molecule has 1 fully saturated rings. The Morgan fingerprint density at radius 2 is 2.04 bits per heavy atom. The van der Waals surface area contributed by atoms with Gasteiger partial charge < -0.3 is 9.15 Å². The highest BCUT2D eigenvalue weighted by atomic mass is 35.5. The fourth-order valence-electron chi connectivity index (χ4n) is 2.19. The first-order valence-electron chi connectivity index (χ1n) is 7.04. The minimum Gasteiger partial charge on any atom is -0.455 e. The van der Waals surface area contributed by atoms with Crippen molar-refractivity contribution < 1.29 is 14.1 Å². The van der Waals surface area contributed by atoms with Gasteiger partial charge >= 0.3 is 0 Å². The van der Waals surface area contributed by atoms with Crippen molar-refractivity contribution >= 4 is 23.5 Å². The Hall–Kier alpha value is -2.38. The molecule has 1 aromatic heterocycles. The minimum absolute atomic E-state index is 0.0561. The highest BCUT2D eigenvalue weighted by Crippen LogP contribution is 2.32. The van der Waals surface area contributed by atoms with Crippen LogP contribution in [0.1, 0.15) is 5.76 Å². The molecule has 3 rings (SSSR count). The van der Waals surface area contributed by atoms with Crippen LogP contribution in [0.2, 0.25) is 5.02 Å². The number of halogens is 1. The molecule has 0 unspecified atom stereocenters. The maximum absolute atomic E-state index is 10.7. The Bertz CT molecular complexity index is 738. The van der Waals surface area contributed by atoms with Crippen LogP contribution in [0, 0.1) is 10.1 Å². The summed E-state index contributed by atoms with van der Waals surface area (Å²) in [6.07, 6.45) is 1.63. The molecule has 0 N–H and O–H groups in total. The van der Waals surface area contributed by atoms with Crippen LogP contribution in [-0.2, 0) is 4.74 Å². The summed E-state index contributed by atoms with van der Waals surface area (Å²) in [6.45, 7) is 2.83. The number of hydrogen-bond donors (Lipinski definition) is 0. The summed E-state index contributed by atoms with van der Waals surface area (Å²) in [5.74, 6) is 1.12. The van der Waals surface area contributed by atoms with Crippen LogP contribution in [0.4, 0.5) is 5.69 Å². The molecule has 2 heterocycles. The van der Waals surface area contributed by atoms with Gasteiger partial charge in [-0.05, 0) is 18.2 Å². The van der Waals surface area contributed by atoms with Gasteiger partial charge in [-0.2, -0.15) is 5.10 Å². The molecule has 7 nitrogen and oxygen atoms in total. The lowest BCUT2D eigenvalue weighted by Gasteiger charge is -2.23. The minimum atomic E-state index is -0.488. The molecule has 1 aromatic carbocycles. The smallest absolute Gasteiger partial charge is 0.270 e. The number of morpholine rings is 1. The molecule has 0 aliphatic carbocycles. The first-order valence-corrected chi connectivity index (χ1v) is 7.42. The SMILES string of the molecule is O=[N+]([O-])c1ccc(-c2ccc(/C=N\N3CCOCC3)o2)c(Cl)c1. The highest BCUT2D eigenvalue weighted by Gasteiger charge is 2.13. The summed E-state index contributed by atoms with van der Waals surface area (Å²) in [4.78, 5) is 10.2. The second-order valence-corrected chi connectivity index (χ2v) is 5.34. The van der Waals surface area contributed by atoms with Crippen LogP contribution >= 0.6 is 11.6 Å². The number of nitro benzene ring substituents is 1. The van der Waals surface area contributed by atoms with Crippen LogP contribution in [0.25, 0.3) is 11.3 Å². The van der Waals surface area contributed by atoms with Crippen molar-refractivity contribution in [2.45, 2.75) is 0 Å². The Morgan fingerprint density at radius 1 is 1.26 bits per heavy atom. The van der Waals surface area contributed by atoms with E-state index >= 15 is 0 Å². The number of rotatable bonds is 4. The highest BCUT2D eigenvalue weighted by molar-refractivity contribution is 6.33. The number of benzene rings is 1. The Balaban J connectivity index is 1.76. The lowest BCUT2D eigenvalue weighted by atomic mass is 10.1. The number of hydrazone groups is 1. The molecule has 8 heteroatoms. The second kappa shape index (κ2) is 6.80. The summed E-state index contributed by atoms with van der Waals surface area (Å²) >= 11 is 6.10. The first kappa shape index (κ1) is 15.5. The first-order chi connectivity index (χ1) is 11.1. The van der Waals surface area contributed by atoms with E-state index in [9.17, 15) is 10.1 Å². The zero-order valence-corrected chi connectivity index (χ0v) is 12.9. The molecular weight excluding hydrogens is 322 g/mol. The van der Waals surface area contributed by atoms with E-state index in [4.69, 9.17) is 20.8 Å². The third-order valence-corrected chi connectivity index (χ3v) is 3.70. The summed E-state index contributed by atoms with van der Waals surface area (Å²) in [7, 11) is 0. The van der Waals surface area contributed by atoms with Crippen molar-refractivity contribution in [3.63, 3.8) is 0 Å². The molecule has 0 atom stereocenters. The van der Waals surface area contributed by atoms with Gasteiger partial charge in [0, 0.05) is 17.7 Å². The lowest BCUT2D eigenvalue weighted by Crippen LogP contribution is -2.32. The standard InChI is InChI=1S/C15H14ClN3O4/c16-14-9-11(19(20)21)1-3-13(14)15-4-2-12(23-15)10-17-18-5-7-22-8-6-18/h1-4,9-10H,5-8H2/b17-10-. The molecule has 0 saturated carbocycles. The van der Waals surface area contributed by atoms with Crippen molar-refractivity contribution in [2.24, 2.45) is 5.10 Å². The van der Waals surface area contributed by atoms with E-state index in [1.54, 1.807) is 24.4 Å². The summed E-state index contributed by atoms with van der Waals surface area (Å²) in [6, 6.07) is 7.80. The quantitative estimate of drug-likeness (QED) is 0.487. The predicted octanol–water partition coefficient (Wildman–Crippen LogP) is 3.17. The number of hydrogen-bond acceptors (Lipinski definition) is 6. The monoisotopic (exact) mass is 335 g/mol. The van der Waals surface area contributed by atoms with Gasteiger partial charge in [-0.15, -0.1) is 0 Å². The fourth-order valence-corrected chi connectivity index (χ4v) is 2.46. The van der Waals surface area contributed by atoms with Crippen molar-refractivity contribution in [3.05, 3.63) is 51.2 Å². The van der Waals surface area contributed by atoms with Gasteiger partial charge in [-0.1, -0.05) is 11.6 Å². The number of furan rings is 1. The van der Waals surface area contributed by atoms with E-state index < -0.39 is 4.92 Å². The number of ether oxygens (including phenoxy) is 1. The normalized spacial score (nSPS) is 15.3. The van der Waals surface area contributed by atoms with Gasteiger partial charge in [0.25, 0.3) is 5.69 Å². The van der Waals surface area contributed by atoms with Crippen molar-refractivity contribution in [1.29, 1.82) is 0 Å². The molecule has 0 spiro atoms. The Kier molecular flexibility index (Phi) is 4.59. The number of nitrogens with zero attached hydrogens (tertiary/aromatic N) is 3. The maximum atomic E-state index is 10.7. The topological polar surface area (TPSA) is 81.1 Å². The van der Waals surface area contributed by atoms with Crippen molar-refractivity contribution in [3.8, 4) is 11.3 Å². The molecular formula is C15H14ClN3O4. The van der Waals surface area contributed by atoms with E-state index in [1.165, 1.54) is 12.1 Å². The van der Waals surface area contributed by atoms with Crippen molar-refractivity contribution in [1.82, 2.24) is 5.01 Å². The second-order valence-electron chi connectivity index (χ2n) is 4.93. The zero-order chi connectivity index (χ0) is 16.2. The molecule has 0 amide bonds. The van der Waals surface area contributed by atoms with Crippen LogP contribution in [0.15, 0.2) is 39.9 Å². The third kappa shape index (κ3) is 3.69. The number of nitro groups is 1. The van der Waals surface area contributed by atoms with Gasteiger partial charge in [0.15, 0.2) is 0 Å². The molecule has 2 aromatic rings. The van der Waals surface area contributed by atoms with Gasteiger partial charge in [-0.3, -0.25) is 15.1 Å². The largest absolute Gasteiger partial charge is 0.455 e. The average molecular weight is 336 g/mol.